The summed E-state index contributed by atoms with van der Waals surface area (Å²) in [6, 6.07) is 41.7. The van der Waals surface area contributed by atoms with Crippen molar-refractivity contribution in [1.29, 1.82) is 0 Å². The van der Waals surface area contributed by atoms with Gasteiger partial charge in [-0.05, 0) is 59.5 Å². The van der Waals surface area contributed by atoms with Gasteiger partial charge in [0.05, 0.1) is 23.6 Å². The van der Waals surface area contributed by atoms with E-state index in [1.807, 2.05) is 110 Å². The first-order chi connectivity index (χ1) is 23.3. The van der Waals surface area contributed by atoms with Crippen LogP contribution < -0.4 is 9.46 Å². The van der Waals surface area contributed by atoms with Crippen molar-refractivity contribution >= 4 is 27.4 Å². The molecule has 1 N–H and O–H groups in total. The predicted molar refractivity (Wildman–Crippen MR) is 188 cm³/mol. The molecule has 5 aromatic carbocycles. The maximum atomic E-state index is 14.2. The summed E-state index contributed by atoms with van der Waals surface area (Å²) in [5.74, 6) is -0.613. The lowest BCUT2D eigenvalue weighted by Gasteiger charge is -2.32. The average Bonchev–Trinajstić information content (AvgIpc) is 3.45. The van der Waals surface area contributed by atoms with Crippen molar-refractivity contribution in [2.75, 3.05) is 7.11 Å². The second-order valence-electron chi connectivity index (χ2n) is 12.2. The molecule has 1 heterocycles. The van der Waals surface area contributed by atoms with E-state index in [0.29, 0.717) is 22.8 Å². The first kappa shape index (κ1) is 31.2. The number of carbonyl (C=O) groups excluding carboxylic acids is 1. The van der Waals surface area contributed by atoms with E-state index < -0.39 is 21.9 Å². The summed E-state index contributed by atoms with van der Waals surface area (Å²) >= 11 is 0. The van der Waals surface area contributed by atoms with Crippen LogP contribution in [0.4, 0.5) is 0 Å². The molecule has 240 valence electrons. The fraction of sp³-hybridized carbons (Fsp3) is 0.146. The molecule has 1 aliphatic heterocycles. The molecule has 1 aliphatic carbocycles. The minimum absolute atomic E-state index is 0.164. The first-order valence-electron chi connectivity index (χ1n) is 15.9. The number of aryl methyl sites for hydroxylation is 1. The second kappa shape index (κ2) is 13.0. The summed E-state index contributed by atoms with van der Waals surface area (Å²) < 4.78 is 42.2. The second-order valence-corrected chi connectivity index (χ2v) is 13.9. The molecule has 0 aromatic heterocycles. The number of esters is 1. The molecule has 5 aromatic rings. The van der Waals surface area contributed by atoms with E-state index in [4.69, 9.17) is 9.47 Å². The summed E-state index contributed by atoms with van der Waals surface area (Å²) in [6.07, 6.45) is 4.02. The zero-order chi connectivity index (χ0) is 33.3. The Bertz CT molecular complexity index is 2110. The number of benzene rings is 5. The Morgan fingerprint density at radius 2 is 1.42 bits per heavy atom. The standard InChI is InChI=1S/C41H35NO5S/c1-27-17-23-32(24-18-27)48(44,45)42-37(29-11-5-3-6-12-29)25-35(28-19-21-31(46-2)22-20-28)39-34-16-10-9-15-33(34)36-26-38(47-41(43)40(36)39)30-13-7-4-8-14-30/h3-26,35-36,39-40,42H,1-2H3/b37-25-/t35-,36-,39+,40-/m0/s1. The van der Waals surface area contributed by atoms with E-state index in [-0.39, 0.29) is 22.7 Å². The molecule has 0 unspecified atom stereocenters. The van der Waals surface area contributed by atoms with Crippen LogP contribution >= 0.6 is 0 Å². The molecule has 0 amide bonds. The van der Waals surface area contributed by atoms with Crippen molar-refractivity contribution < 1.29 is 22.7 Å². The highest BCUT2D eigenvalue weighted by Gasteiger charge is 2.50. The highest BCUT2D eigenvalue weighted by Crippen LogP contribution is 2.56. The number of cyclic esters (lactones) is 1. The van der Waals surface area contributed by atoms with E-state index in [1.165, 1.54) is 0 Å². The minimum atomic E-state index is -3.96. The number of hydrogen-bond donors (Lipinski definition) is 1. The number of rotatable bonds is 9. The molecule has 6 nitrogen and oxygen atoms in total. The molecule has 0 radical (unpaired) electrons. The summed E-state index contributed by atoms with van der Waals surface area (Å²) in [4.78, 5) is 14.3. The number of sulfonamides is 1. The van der Waals surface area contributed by atoms with Gasteiger partial charge in [0.25, 0.3) is 10.0 Å². The normalized spacial score (nSPS) is 19.4. The monoisotopic (exact) mass is 653 g/mol. The van der Waals surface area contributed by atoms with E-state index in [1.54, 1.807) is 31.4 Å². The molecule has 0 saturated carbocycles. The lowest BCUT2D eigenvalue weighted by molar-refractivity contribution is -0.143. The zero-order valence-electron chi connectivity index (χ0n) is 26.6. The van der Waals surface area contributed by atoms with E-state index in [0.717, 1.165) is 27.8 Å². The van der Waals surface area contributed by atoms with Crippen molar-refractivity contribution in [3.8, 4) is 5.75 Å². The van der Waals surface area contributed by atoms with Crippen molar-refractivity contribution in [2.24, 2.45) is 5.92 Å². The average molecular weight is 654 g/mol. The molecule has 4 atom stereocenters. The van der Waals surface area contributed by atoms with Crippen LogP contribution in [0.2, 0.25) is 0 Å². The zero-order valence-corrected chi connectivity index (χ0v) is 27.4. The number of allylic oxidation sites excluding steroid dienone is 2. The van der Waals surface area contributed by atoms with Gasteiger partial charge in [0.2, 0.25) is 0 Å². The van der Waals surface area contributed by atoms with Crippen LogP contribution in [0, 0.1) is 12.8 Å². The maximum Gasteiger partial charge on any atom is 0.315 e. The molecule has 0 spiro atoms. The Balaban J connectivity index is 1.40. The topological polar surface area (TPSA) is 81.7 Å². The summed E-state index contributed by atoms with van der Waals surface area (Å²) in [5.41, 5.74) is 5.92. The molecule has 0 bridgehead atoms. The summed E-state index contributed by atoms with van der Waals surface area (Å²) in [7, 11) is -2.34. The Morgan fingerprint density at radius 3 is 2.08 bits per heavy atom. The number of methoxy groups -OCH3 is 1. The van der Waals surface area contributed by atoms with Gasteiger partial charge in [0, 0.05) is 23.3 Å². The molecular weight excluding hydrogens is 619 g/mol. The largest absolute Gasteiger partial charge is 0.497 e. The number of fused-ring (bicyclic) bond motifs is 3. The Labute approximate surface area is 281 Å². The Kier molecular flexibility index (Phi) is 8.46. The van der Waals surface area contributed by atoms with Crippen molar-refractivity contribution in [3.63, 3.8) is 0 Å². The van der Waals surface area contributed by atoms with Crippen molar-refractivity contribution in [2.45, 2.75) is 29.6 Å². The fourth-order valence-corrected chi connectivity index (χ4v) is 7.99. The highest BCUT2D eigenvalue weighted by molar-refractivity contribution is 7.89. The van der Waals surface area contributed by atoms with E-state index >= 15 is 0 Å². The van der Waals surface area contributed by atoms with Crippen LogP contribution in [-0.2, 0) is 19.6 Å². The van der Waals surface area contributed by atoms with Gasteiger partial charge in [-0.2, -0.15) is 0 Å². The van der Waals surface area contributed by atoms with E-state index in [9.17, 15) is 13.2 Å². The van der Waals surface area contributed by atoms with Crippen LogP contribution in [0.5, 0.6) is 5.75 Å². The van der Waals surface area contributed by atoms with Gasteiger partial charge in [0.15, 0.2) is 0 Å². The van der Waals surface area contributed by atoms with Crippen LogP contribution in [0.3, 0.4) is 0 Å². The maximum absolute atomic E-state index is 14.2. The summed E-state index contributed by atoms with van der Waals surface area (Å²) in [5, 5.41) is 0. The van der Waals surface area contributed by atoms with E-state index in [2.05, 4.69) is 22.9 Å². The van der Waals surface area contributed by atoms with Crippen molar-refractivity contribution in [3.05, 3.63) is 179 Å². The minimum Gasteiger partial charge on any atom is -0.497 e. The molecule has 7 rings (SSSR count). The Hall–Kier alpha value is -5.40. The SMILES string of the molecule is COc1ccc([C@H](/C=C(\NS(=O)(=O)c2ccc(C)cc2)c2ccccc2)[C@H]2c3ccccc3[C@@H]3C=C(c4ccccc4)OC(=O)[C@H]23)cc1. The van der Waals surface area contributed by atoms with Crippen LogP contribution in [0.25, 0.3) is 11.5 Å². The number of ether oxygens (including phenoxy) is 2. The third-order valence-electron chi connectivity index (χ3n) is 9.25. The first-order valence-corrected chi connectivity index (χ1v) is 17.4. The number of nitrogens with one attached hydrogen (secondary N) is 1. The predicted octanol–water partition coefficient (Wildman–Crippen LogP) is 8.20. The molecule has 0 fully saturated rings. The summed E-state index contributed by atoms with van der Waals surface area (Å²) in [6.45, 7) is 1.92. The lowest BCUT2D eigenvalue weighted by atomic mass is 9.74. The van der Waals surface area contributed by atoms with Crippen LogP contribution in [-0.4, -0.2) is 21.5 Å². The quantitative estimate of drug-likeness (QED) is 0.162. The van der Waals surface area contributed by atoms with Crippen LogP contribution in [0.15, 0.2) is 151 Å². The highest BCUT2D eigenvalue weighted by atomic mass is 32.2. The van der Waals surface area contributed by atoms with Crippen molar-refractivity contribution in [1.82, 2.24) is 4.72 Å². The fourth-order valence-electron chi connectivity index (χ4n) is 6.90. The molecule has 7 heteroatoms. The van der Waals surface area contributed by atoms with Gasteiger partial charge in [-0.1, -0.05) is 121 Å². The smallest absolute Gasteiger partial charge is 0.315 e. The molecule has 0 saturated heterocycles. The van der Waals surface area contributed by atoms with Gasteiger partial charge in [0.1, 0.15) is 11.5 Å². The number of hydrogen-bond acceptors (Lipinski definition) is 5. The lowest BCUT2D eigenvalue weighted by Crippen LogP contribution is -2.30. The molecule has 48 heavy (non-hydrogen) atoms. The van der Waals surface area contributed by atoms with Gasteiger partial charge >= 0.3 is 5.97 Å². The third-order valence-corrected chi connectivity index (χ3v) is 10.6. The molecular formula is C41H35NO5S. The van der Waals surface area contributed by atoms with Gasteiger partial charge in [-0.15, -0.1) is 0 Å². The third kappa shape index (κ3) is 6.05. The van der Waals surface area contributed by atoms with Gasteiger partial charge < -0.3 is 9.47 Å². The Morgan fingerprint density at radius 1 is 0.792 bits per heavy atom. The molecule has 2 aliphatic rings. The van der Waals surface area contributed by atoms with Gasteiger partial charge in [-0.3, -0.25) is 9.52 Å². The van der Waals surface area contributed by atoms with Crippen LogP contribution in [0.1, 0.15) is 51.1 Å². The van der Waals surface area contributed by atoms with Gasteiger partial charge in [-0.25, -0.2) is 8.42 Å². The number of carbonyl (C=O) groups is 1.